The topological polar surface area (TPSA) is 64.0 Å². The van der Waals surface area contributed by atoms with Gasteiger partial charge in [0, 0.05) is 24.6 Å². The summed E-state index contributed by atoms with van der Waals surface area (Å²) in [5.41, 5.74) is 1.20. The predicted octanol–water partition coefficient (Wildman–Crippen LogP) is 3.29. The summed E-state index contributed by atoms with van der Waals surface area (Å²) in [5, 5.41) is 3.60. The summed E-state index contributed by atoms with van der Waals surface area (Å²) in [7, 11) is 0. The van der Waals surface area contributed by atoms with E-state index in [0.29, 0.717) is 22.4 Å². The van der Waals surface area contributed by atoms with E-state index in [-0.39, 0.29) is 17.5 Å². The number of benzene rings is 1. The molecule has 2 heterocycles. The van der Waals surface area contributed by atoms with Gasteiger partial charge in [-0.15, -0.1) is 0 Å². The molecule has 1 amide bonds. The van der Waals surface area contributed by atoms with E-state index in [0.717, 1.165) is 38.1 Å². The number of aryl methyl sites for hydroxylation is 1. The van der Waals surface area contributed by atoms with Crippen molar-refractivity contribution in [3.63, 3.8) is 0 Å². The highest BCUT2D eigenvalue weighted by molar-refractivity contribution is 5.97. The van der Waals surface area contributed by atoms with Gasteiger partial charge in [0.2, 0.25) is 0 Å². The Labute approximate surface area is 148 Å². The van der Waals surface area contributed by atoms with E-state index < -0.39 is 0 Å². The molecule has 0 saturated carbocycles. The minimum Gasteiger partial charge on any atom is -0.349 e. The standard InChI is InChI=1S/C20H27N3O2/c1-13(2)14(3)21-19(24)15-9-10-16-17(12-15)22-18-8-6-4-5-7-11-23(18)20(16)25/h9-10,12-14H,4-8,11H2,1-3H3,(H,21,24). The summed E-state index contributed by atoms with van der Waals surface area (Å²) in [6.45, 7) is 6.89. The molecule has 0 aliphatic carbocycles. The van der Waals surface area contributed by atoms with Crippen molar-refractivity contribution < 1.29 is 4.79 Å². The van der Waals surface area contributed by atoms with Gasteiger partial charge in [-0.1, -0.05) is 26.7 Å². The van der Waals surface area contributed by atoms with Gasteiger partial charge in [-0.2, -0.15) is 0 Å². The van der Waals surface area contributed by atoms with Crippen LogP contribution in [0.1, 0.15) is 62.6 Å². The molecule has 0 saturated heterocycles. The Kier molecular flexibility index (Phi) is 5.21. The number of rotatable bonds is 3. The zero-order valence-corrected chi connectivity index (χ0v) is 15.3. The molecule has 3 rings (SSSR count). The second-order valence-corrected chi connectivity index (χ2v) is 7.39. The van der Waals surface area contributed by atoms with E-state index >= 15 is 0 Å². The average Bonchev–Trinajstić information content (AvgIpc) is 2.56. The van der Waals surface area contributed by atoms with Crippen LogP contribution in [-0.4, -0.2) is 21.5 Å². The highest BCUT2D eigenvalue weighted by Crippen LogP contribution is 2.16. The van der Waals surface area contributed by atoms with Gasteiger partial charge in [0.1, 0.15) is 5.82 Å². The second kappa shape index (κ2) is 7.38. The highest BCUT2D eigenvalue weighted by Gasteiger charge is 2.16. The number of hydrogen-bond acceptors (Lipinski definition) is 3. The van der Waals surface area contributed by atoms with Crippen LogP contribution in [0.3, 0.4) is 0 Å². The van der Waals surface area contributed by atoms with Crippen LogP contribution in [0, 0.1) is 5.92 Å². The van der Waals surface area contributed by atoms with Gasteiger partial charge in [0.05, 0.1) is 10.9 Å². The quantitative estimate of drug-likeness (QED) is 0.932. The molecular weight excluding hydrogens is 314 g/mol. The Balaban J connectivity index is 1.99. The summed E-state index contributed by atoms with van der Waals surface area (Å²) in [4.78, 5) is 30.0. The fourth-order valence-corrected chi connectivity index (χ4v) is 3.19. The molecule has 1 N–H and O–H groups in total. The molecule has 1 unspecified atom stereocenters. The van der Waals surface area contributed by atoms with Gasteiger partial charge in [0.15, 0.2) is 0 Å². The highest BCUT2D eigenvalue weighted by atomic mass is 16.1. The van der Waals surface area contributed by atoms with Crippen LogP contribution in [-0.2, 0) is 13.0 Å². The van der Waals surface area contributed by atoms with Crippen LogP contribution in [0.25, 0.3) is 10.9 Å². The van der Waals surface area contributed by atoms with E-state index in [1.54, 1.807) is 18.2 Å². The summed E-state index contributed by atoms with van der Waals surface area (Å²) in [6, 6.07) is 5.31. The van der Waals surface area contributed by atoms with Gasteiger partial charge in [-0.25, -0.2) is 4.98 Å². The minimum atomic E-state index is -0.114. The summed E-state index contributed by atoms with van der Waals surface area (Å²) >= 11 is 0. The van der Waals surface area contributed by atoms with Crippen molar-refractivity contribution in [1.29, 1.82) is 0 Å². The molecule has 1 aliphatic rings. The van der Waals surface area contributed by atoms with Gasteiger partial charge < -0.3 is 5.32 Å². The van der Waals surface area contributed by atoms with E-state index in [2.05, 4.69) is 19.2 Å². The van der Waals surface area contributed by atoms with E-state index in [4.69, 9.17) is 4.98 Å². The number of nitrogens with one attached hydrogen (secondary N) is 1. The summed E-state index contributed by atoms with van der Waals surface area (Å²) in [5.74, 6) is 1.11. The van der Waals surface area contributed by atoms with Crippen molar-refractivity contribution >= 4 is 16.8 Å². The van der Waals surface area contributed by atoms with Crippen LogP contribution < -0.4 is 10.9 Å². The second-order valence-electron chi connectivity index (χ2n) is 7.39. The fraction of sp³-hybridized carbons (Fsp3) is 0.550. The van der Waals surface area contributed by atoms with Crippen LogP contribution in [0.15, 0.2) is 23.0 Å². The van der Waals surface area contributed by atoms with Crippen LogP contribution in [0.5, 0.6) is 0 Å². The first-order valence-corrected chi connectivity index (χ1v) is 9.31. The number of carbonyl (C=O) groups excluding carboxylic acids is 1. The lowest BCUT2D eigenvalue weighted by Gasteiger charge is -2.18. The average molecular weight is 341 g/mol. The molecule has 1 aromatic heterocycles. The van der Waals surface area contributed by atoms with Crippen molar-refractivity contribution in [2.45, 2.75) is 65.5 Å². The normalized spacial score (nSPS) is 16.2. The molecule has 25 heavy (non-hydrogen) atoms. The number of fused-ring (bicyclic) bond motifs is 2. The Morgan fingerprint density at radius 2 is 1.92 bits per heavy atom. The molecule has 134 valence electrons. The molecule has 5 heteroatoms. The monoisotopic (exact) mass is 341 g/mol. The molecular formula is C20H27N3O2. The molecule has 0 spiro atoms. The lowest BCUT2D eigenvalue weighted by atomic mass is 10.1. The Bertz CT molecular complexity index is 839. The summed E-state index contributed by atoms with van der Waals surface area (Å²) < 4.78 is 1.82. The Hall–Kier alpha value is -2.17. The zero-order chi connectivity index (χ0) is 18.0. The molecule has 5 nitrogen and oxygen atoms in total. The number of amides is 1. The van der Waals surface area contributed by atoms with E-state index in [1.807, 2.05) is 11.5 Å². The zero-order valence-electron chi connectivity index (χ0n) is 15.3. The first-order chi connectivity index (χ1) is 12.0. The van der Waals surface area contributed by atoms with Crippen molar-refractivity contribution in [1.82, 2.24) is 14.9 Å². The first kappa shape index (κ1) is 17.6. The number of aromatic nitrogens is 2. The van der Waals surface area contributed by atoms with Gasteiger partial charge in [0.25, 0.3) is 11.5 Å². The van der Waals surface area contributed by atoms with Gasteiger partial charge in [-0.05, 0) is 43.9 Å². The van der Waals surface area contributed by atoms with Crippen molar-refractivity contribution in [2.75, 3.05) is 0 Å². The lowest BCUT2D eigenvalue weighted by molar-refractivity contribution is 0.0930. The van der Waals surface area contributed by atoms with Crippen molar-refractivity contribution in [3.05, 3.63) is 39.9 Å². The molecule has 2 aromatic rings. The maximum absolute atomic E-state index is 12.8. The first-order valence-electron chi connectivity index (χ1n) is 9.31. The predicted molar refractivity (Wildman–Crippen MR) is 99.9 cm³/mol. The van der Waals surface area contributed by atoms with Crippen molar-refractivity contribution in [2.24, 2.45) is 5.92 Å². The number of carbonyl (C=O) groups is 1. The van der Waals surface area contributed by atoms with Crippen molar-refractivity contribution in [3.8, 4) is 0 Å². The largest absolute Gasteiger partial charge is 0.349 e. The number of hydrogen-bond donors (Lipinski definition) is 1. The third kappa shape index (κ3) is 3.75. The third-order valence-electron chi connectivity index (χ3n) is 5.19. The van der Waals surface area contributed by atoms with Crippen LogP contribution in [0.4, 0.5) is 0 Å². The van der Waals surface area contributed by atoms with Crippen LogP contribution >= 0.6 is 0 Å². The molecule has 0 radical (unpaired) electrons. The maximum atomic E-state index is 12.8. The van der Waals surface area contributed by atoms with Gasteiger partial charge in [-0.3, -0.25) is 14.2 Å². The smallest absolute Gasteiger partial charge is 0.261 e. The van der Waals surface area contributed by atoms with E-state index in [9.17, 15) is 9.59 Å². The van der Waals surface area contributed by atoms with Gasteiger partial charge >= 0.3 is 0 Å². The van der Waals surface area contributed by atoms with E-state index in [1.165, 1.54) is 6.42 Å². The number of nitrogens with zero attached hydrogens (tertiary/aromatic N) is 2. The SMILES string of the molecule is CC(C)C(C)NC(=O)c1ccc2c(=O)n3c(nc2c1)CCCCCC3. The third-order valence-corrected chi connectivity index (χ3v) is 5.19. The summed E-state index contributed by atoms with van der Waals surface area (Å²) in [6.07, 6.45) is 5.25. The molecule has 1 atom stereocenters. The molecule has 1 aliphatic heterocycles. The molecule has 1 aromatic carbocycles. The molecule has 0 bridgehead atoms. The fourth-order valence-electron chi connectivity index (χ4n) is 3.19. The Morgan fingerprint density at radius 3 is 2.68 bits per heavy atom. The lowest BCUT2D eigenvalue weighted by Crippen LogP contribution is -2.36. The Morgan fingerprint density at radius 1 is 1.16 bits per heavy atom. The maximum Gasteiger partial charge on any atom is 0.261 e. The van der Waals surface area contributed by atoms with Crippen LogP contribution in [0.2, 0.25) is 0 Å². The minimum absolute atomic E-state index is 0.0180. The molecule has 0 fully saturated rings.